The van der Waals surface area contributed by atoms with Crippen molar-refractivity contribution in [1.82, 2.24) is 10.5 Å². The van der Waals surface area contributed by atoms with Crippen LogP contribution < -0.4 is 5.48 Å². The van der Waals surface area contributed by atoms with Gasteiger partial charge in [0.15, 0.2) is 0 Å². The van der Waals surface area contributed by atoms with Gasteiger partial charge < -0.3 is 10.2 Å². The molecule has 0 atom stereocenters. The van der Waals surface area contributed by atoms with Gasteiger partial charge in [-0.2, -0.15) is 0 Å². The van der Waals surface area contributed by atoms with Crippen molar-refractivity contribution in [2.45, 2.75) is 6.54 Å². The smallest absolute Gasteiger partial charge is 0.0479 e. The number of nitrogens with one attached hydrogen (secondary N) is 2. The Labute approximate surface area is 83.9 Å². The van der Waals surface area contributed by atoms with Crippen LogP contribution >= 0.6 is 15.9 Å². The van der Waals surface area contributed by atoms with Gasteiger partial charge in [-0.3, -0.25) is 0 Å². The summed E-state index contributed by atoms with van der Waals surface area (Å²) in [5.41, 5.74) is 4.28. The first-order valence-electron chi connectivity index (χ1n) is 3.94. The molecule has 1 heterocycles. The fourth-order valence-corrected chi connectivity index (χ4v) is 1.74. The Bertz CT molecular complexity index is 424. The second-order valence-corrected chi connectivity index (χ2v) is 3.75. The Morgan fingerprint density at radius 1 is 1.46 bits per heavy atom. The summed E-state index contributed by atoms with van der Waals surface area (Å²) >= 11 is 3.41. The molecule has 0 aliphatic carbocycles. The van der Waals surface area contributed by atoms with Crippen LogP contribution in [0.5, 0.6) is 0 Å². The fourth-order valence-electron chi connectivity index (χ4n) is 1.38. The number of fused-ring (bicyclic) bond motifs is 1. The average molecular weight is 241 g/mol. The summed E-state index contributed by atoms with van der Waals surface area (Å²) in [6.45, 7) is 0.455. The molecule has 0 bridgehead atoms. The van der Waals surface area contributed by atoms with Crippen molar-refractivity contribution >= 4 is 26.8 Å². The van der Waals surface area contributed by atoms with E-state index in [1.54, 1.807) is 0 Å². The molecule has 0 radical (unpaired) electrons. The summed E-state index contributed by atoms with van der Waals surface area (Å²) in [4.78, 5) is 3.13. The molecule has 3 N–H and O–H groups in total. The lowest BCUT2D eigenvalue weighted by molar-refractivity contribution is 0.161. The molecule has 0 aliphatic rings. The van der Waals surface area contributed by atoms with E-state index in [1.807, 2.05) is 24.4 Å². The Morgan fingerprint density at radius 2 is 2.31 bits per heavy atom. The standard InChI is InChI=1S/C9H9BrN2O/c10-7-1-2-9-8(3-7)6(4-11-9)5-12-13/h1-4,11-13H,5H2. The SMILES string of the molecule is ONCc1c[nH]c2ccc(Br)cc12. The molecule has 2 aromatic rings. The van der Waals surface area contributed by atoms with Gasteiger partial charge in [-0.25, -0.2) is 5.48 Å². The first-order valence-corrected chi connectivity index (χ1v) is 4.73. The molecule has 2 rings (SSSR count). The van der Waals surface area contributed by atoms with E-state index in [0.29, 0.717) is 6.54 Å². The first kappa shape index (κ1) is 8.74. The molecule has 13 heavy (non-hydrogen) atoms. The summed E-state index contributed by atoms with van der Waals surface area (Å²) < 4.78 is 1.04. The maximum atomic E-state index is 8.59. The number of hydrogen-bond donors (Lipinski definition) is 3. The van der Waals surface area contributed by atoms with Crippen molar-refractivity contribution in [3.05, 3.63) is 34.4 Å². The van der Waals surface area contributed by atoms with Crippen molar-refractivity contribution in [2.75, 3.05) is 0 Å². The highest BCUT2D eigenvalue weighted by Crippen LogP contribution is 2.22. The molecule has 0 saturated carbocycles. The Kier molecular flexibility index (Phi) is 2.35. The molecule has 1 aromatic heterocycles. The lowest BCUT2D eigenvalue weighted by Crippen LogP contribution is -2.05. The van der Waals surface area contributed by atoms with E-state index >= 15 is 0 Å². The largest absolute Gasteiger partial charge is 0.361 e. The molecule has 0 amide bonds. The Morgan fingerprint density at radius 3 is 3.08 bits per heavy atom. The first-order chi connectivity index (χ1) is 6.31. The molecule has 0 saturated heterocycles. The van der Waals surface area contributed by atoms with Gasteiger partial charge in [0.1, 0.15) is 0 Å². The van der Waals surface area contributed by atoms with Gasteiger partial charge in [-0.05, 0) is 23.8 Å². The molecule has 4 heteroatoms. The normalized spacial score (nSPS) is 10.9. The fraction of sp³-hybridized carbons (Fsp3) is 0.111. The molecule has 0 spiro atoms. The highest BCUT2D eigenvalue weighted by molar-refractivity contribution is 9.10. The second-order valence-electron chi connectivity index (χ2n) is 2.84. The van der Waals surface area contributed by atoms with Crippen LogP contribution in [0.25, 0.3) is 10.9 Å². The predicted octanol–water partition coefficient (Wildman–Crippen LogP) is 2.41. The van der Waals surface area contributed by atoms with Crippen molar-refractivity contribution < 1.29 is 5.21 Å². The van der Waals surface area contributed by atoms with E-state index in [9.17, 15) is 0 Å². The number of benzene rings is 1. The number of aromatic nitrogens is 1. The number of aromatic amines is 1. The van der Waals surface area contributed by atoms with Crippen LogP contribution in [-0.2, 0) is 6.54 Å². The van der Waals surface area contributed by atoms with E-state index in [2.05, 4.69) is 26.4 Å². The average Bonchev–Trinajstić information content (AvgIpc) is 2.49. The molecule has 68 valence electrons. The third-order valence-electron chi connectivity index (χ3n) is 2.00. The van der Waals surface area contributed by atoms with Crippen LogP contribution in [0.3, 0.4) is 0 Å². The summed E-state index contributed by atoms with van der Waals surface area (Å²) in [5, 5.41) is 9.71. The van der Waals surface area contributed by atoms with E-state index in [1.165, 1.54) is 0 Å². The van der Waals surface area contributed by atoms with Gasteiger partial charge in [0, 0.05) is 28.1 Å². The number of rotatable bonds is 2. The monoisotopic (exact) mass is 240 g/mol. The summed E-state index contributed by atoms with van der Waals surface area (Å²) in [6, 6.07) is 6.01. The van der Waals surface area contributed by atoms with Crippen molar-refractivity contribution in [3.63, 3.8) is 0 Å². The predicted molar refractivity (Wildman–Crippen MR) is 54.6 cm³/mol. The molecule has 3 nitrogen and oxygen atoms in total. The topological polar surface area (TPSA) is 48.0 Å². The van der Waals surface area contributed by atoms with Crippen LogP contribution in [-0.4, -0.2) is 10.2 Å². The third kappa shape index (κ3) is 1.60. The van der Waals surface area contributed by atoms with Gasteiger partial charge >= 0.3 is 0 Å². The minimum atomic E-state index is 0.455. The zero-order chi connectivity index (χ0) is 9.26. The van der Waals surface area contributed by atoms with E-state index < -0.39 is 0 Å². The maximum Gasteiger partial charge on any atom is 0.0479 e. The van der Waals surface area contributed by atoms with Crippen molar-refractivity contribution in [1.29, 1.82) is 0 Å². The number of hydrogen-bond acceptors (Lipinski definition) is 2. The highest BCUT2D eigenvalue weighted by Gasteiger charge is 2.02. The Hall–Kier alpha value is -0.840. The molecule has 0 fully saturated rings. The number of H-pyrrole nitrogens is 1. The summed E-state index contributed by atoms with van der Waals surface area (Å²) in [6.07, 6.45) is 1.89. The minimum Gasteiger partial charge on any atom is -0.361 e. The minimum absolute atomic E-state index is 0.455. The van der Waals surface area contributed by atoms with Gasteiger partial charge in [-0.15, -0.1) is 0 Å². The van der Waals surface area contributed by atoms with Crippen LogP contribution in [0.1, 0.15) is 5.56 Å². The molecule has 0 unspecified atom stereocenters. The lowest BCUT2D eigenvalue weighted by atomic mass is 10.2. The zero-order valence-electron chi connectivity index (χ0n) is 6.84. The maximum absolute atomic E-state index is 8.59. The van der Waals surface area contributed by atoms with E-state index in [-0.39, 0.29) is 0 Å². The quantitative estimate of drug-likeness (QED) is 0.707. The molecule has 1 aromatic carbocycles. The van der Waals surface area contributed by atoms with Crippen LogP contribution in [0.4, 0.5) is 0 Å². The van der Waals surface area contributed by atoms with Crippen molar-refractivity contribution in [3.8, 4) is 0 Å². The second kappa shape index (κ2) is 3.49. The number of halogens is 1. The van der Waals surface area contributed by atoms with Crippen LogP contribution in [0.15, 0.2) is 28.9 Å². The van der Waals surface area contributed by atoms with Crippen LogP contribution in [0.2, 0.25) is 0 Å². The van der Waals surface area contributed by atoms with Crippen molar-refractivity contribution in [2.24, 2.45) is 0 Å². The number of hydroxylamine groups is 1. The Balaban J connectivity index is 2.58. The van der Waals surface area contributed by atoms with Gasteiger partial charge in [0.2, 0.25) is 0 Å². The molecular formula is C9H9BrN2O. The lowest BCUT2D eigenvalue weighted by Gasteiger charge is -1.96. The molecule has 0 aliphatic heterocycles. The third-order valence-corrected chi connectivity index (χ3v) is 2.49. The van der Waals surface area contributed by atoms with Crippen LogP contribution in [0, 0.1) is 0 Å². The van der Waals surface area contributed by atoms with Gasteiger partial charge in [0.05, 0.1) is 0 Å². The van der Waals surface area contributed by atoms with Gasteiger partial charge in [-0.1, -0.05) is 15.9 Å². The highest BCUT2D eigenvalue weighted by atomic mass is 79.9. The molecular weight excluding hydrogens is 232 g/mol. The zero-order valence-corrected chi connectivity index (χ0v) is 8.43. The van der Waals surface area contributed by atoms with Gasteiger partial charge in [0.25, 0.3) is 0 Å². The van der Waals surface area contributed by atoms with E-state index in [4.69, 9.17) is 5.21 Å². The van der Waals surface area contributed by atoms with E-state index in [0.717, 1.165) is 20.9 Å². The summed E-state index contributed by atoms with van der Waals surface area (Å²) in [5.74, 6) is 0. The summed E-state index contributed by atoms with van der Waals surface area (Å²) in [7, 11) is 0.